The van der Waals surface area contributed by atoms with Crippen LogP contribution >= 0.6 is 0 Å². The van der Waals surface area contributed by atoms with E-state index in [1.807, 2.05) is 12.1 Å². The van der Waals surface area contributed by atoms with Crippen molar-refractivity contribution in [1.29, 1.82) is 0 Å². The maximum absolute atomic E-state index is 14.5. The first-order chi connectivity index (χ1) is 16.3. The van der Waals surface area contributed by atoms with Crippen molar-refractivity contribution in [3.63, 3.8) is 0 Å². The monoisotopic (exact) mass is 466 g/mol. The summed E-state index contributed by atoms with van der Waals surface area (Å²) < 4.78 is 20.9. The maximum Gasteiger partial charge on any atom is 0.336 e. The smallest absolute Gasteiger partial charge is 0.336 e. The highest BCUT2D eigenvalue weighted by molar-refractivity contribution is 5.90. The molecule has 34 heavy (non-hydrogen) atoms. The van der Waals surface area contributed by atoms with E-state index in [-0.39, 0.29) is 29.3 Å². The average molecular weight is 467 g/mol. The van der Waals surface area contributed by atoms with Gasteiger partial charge < -0.3 is 20.1 Å². The molecule has 2 aliphatic carbocycles. The number of benzene rings is 2. The molecule has 0 amide bonds. The number of hydrogen-bond acceptors (Lipinski definition) is 4. The fourth-order valence-corrected chi connectivity index (χ4v) is 6.27. The molecule has 2 aromatic carbocycles. The number of carboxylic acids is 1. The maximum atomic E-state index is 14.5. The fourth-order valence-electron chi connectivity index (χ4n) is 6.27. The number of fused-ring (bicyclic) bond motifs is 2. The lowest BCUT2D eigenvalue weighted by Gasteiger charge is -2.45. The lowest BCUT2D eigenvalue weighted by atomic mass is 9.61. The summed E-state index contributed by atoms with van der Waals surface area (Å²) in [4.78, 5) is 11.6. The van der Waals surface area contributed by atoms with Gasteiger partial charge in [0, 0.05) is 29.2 Å². The van der Waals surface area contributed by atoms with Crippen LogP contribution in [0.15, 0.2) is 48.6 Å². The molecule has 5 rings (SSSR count). The molecule has 2 fully saturated rings. The van der Waals surface area contributed by atoms with E-state index in [2.05, 4.69) is 0 Å². The first-order valence-corrected chi connectivity index (χ1v) is 12.1. The zero-order valence-corrected chi connectivity index (χ0v) is 19.3. The van der Waals surface area contributed by atoms with E-state index < -0.39 is 23.6 Å². The molecule has 5 atom stereocenters. The molecule has 0 bridgehead atoms. The van der Waals surface area contributed by atoms with E-state index in [1.54, 1.807) is 37.3 Å². The van der Waals surface area contributed by atoms with Crippen LogP contribution in [0.25, 0.3) is 0 Å². The Labute approximate surface area is 198 Å². The number of carbonyl (C=O) groups is 1. The molecule has 3 aliphatic rings. The number of aryl methyl sites for hydroxylation is 1. The standard InChI is InChI=1S/C28H31FO5/c1-16-18(27(32)33)9-7-17-8-10-20-19(23(30)15-24(20)34-26(16)17)11-12-25(31)28(13-4-14-28)21-5-2-3-6-22(21)29/h2-3,5-7,9,11-12,19-20,23-25,30-31H,4,8,10,13-15H2,1H3,(H,32,33)/b12-11+/t19-,20-,23-,24+,25?/m1/s1. The highest BCUT2D eigenvalue weighted by Gasteiger charge is 2.47. The normalized spacial score (nSPS) is 28.4. The molecule has 0 radical (unpaired) electrons. The molecule has 1 aliphatic heterocycles. The van der Waals surface area contributed by atoms with Gasteiger partial charge in [-0.25, -0.2) is 9.18 Å². The number of aliphatic hydroxyl groups is 2. The Hall–Kier alpha value is -2.70. The van der Waals surface area contributed by atoms with Crippen LogP contribution in [0, 0.1) is 24.6 Å². The minimum absolute atomic E-state index is 0.0457. The SMILES string of the molecule is Cc1c(C(=O)O)ccc2c1O[C@H]1C[C@@H](O)[C@H](/C=C/C(O)C3(c4ccccc4F)CCC3)[C@H]1CC2. The zero-order valence-electron chi connectivity index (χ0n) is 19.3. The first kappa shape index (κ1) is 23.1. The van der Waals surface area contributed by atoms with Crippen molar-refractivity contribution in [2.24, 2.45) is 11.8 Å². The van der Waals surface area contributed by atoms with Gasteiger partial charge in [0.2, 0.25) is 0 Å². The number of ether oxygens (including phenoxy) is 1. The lowest BCUT2D eigenvalue weighted by molar-refractivity contribution is 0.0587. The summed E-state index contributed by atoms with van der Waals surface area (Å²) in [5.74, 6) is -0.792. The van der Waals surface area contributed by atoms with E-state index in [9.17, 15) is 24.5 Å². The summed E-state index contributed by atoms with van der Waals surface area (Å²) in [6.07, 6.45) is 6.33. The Bertz CT molecular complexity index is 1120. The van der Waals surface area contributed by atoms with E-state index >= 15 is 0 Å². The second-order valence-corrected chi connectivity index (χ2v) is 10.1. The largest absolute Gasteiger partial charge is 0.489 e. The van der Waals surface area contributed by atoms with Crippen LogP contribution < -0.4 is 4.74 Å². The third-order valence-corrected chi connectivity index (χ3v) is 8.36. The summed E-state index contributed by atoms with van der Waals surface area (Å²) in [5, 5.41) is 31.5. The Morgan fingerprint density at radius 2 is 2.00 bits per heavy atom. The predicted molar refractivity (Wildman–Crippen MR) is 126 cm³/mol. The van der Waals surface area contributed by atoms with Crippen molar-refractivity contribution < 1.29 is 29.2 Å². The van der Waals surface area contributed by atoms with Gasteiger partial charge in [-0.1, -0.05) is 42.8 Å². The molecule has 1 heterocycles. The van der Waals surface area contributed by atoms with Crippen molar-refractivity contribution >= 4 is 5.97 Å². The zero-order chi connectivity index (χ0) is 24.0. The van der Waals surface area contributed by atoms with Gasteiger partial charge in [-0.3, -0.25) is 0 Å². The molecule has 2 aromatic rings. The van der Waals surface area contributed by atoms with E-state index in [4.69, 9.17) is 4.74 Å². The molecule has 5 nitrogen and oxygen atoms in total. The Morgan fingerprint density at radius 3 is 2.68 bits per heavy atom. The van der Waals surface area contributed by atoms with Gasteiger partial charge in [-0.15, -0.1) is 0 Å². The first-order valence-electron chi connectivity index (χ1n) is 12.1. The number of rotatable bonds is 5. The summed E-state index contributed by atoms with van der Waals surface area (Å²) in [5.41, 5.74) is 1.77. The number of aliphatic hydroxyl groups excluding tert-OH is 2. The highest BCUT2D eigenvalue weighted by Crippen LogP contribution is 2.49. The third-order valence-electron chi connectivity index (χ3n) is 8.36. The molecule has 2 saturated carbocycles. The molecule has 3 N–H and O–H groups in total. The fraction of sp³-hybridized carbons (Fsp3) is 0.464. The van der Waals surface area contributed by atoms with Crippen molar-refractivity contribution in [3.05, 3.63) is 76.6 Å². The Balaban J connectivity index is 1.37. The van der Waals surface area contributed by atoms with Gasteiger partial charge in [0.1, 0.15) is 17.7 Å². The van der Waals surface area contributed by atoms with Crippen LogP contribution in [-0.4, -0.2) is 39.6 Å². The third kappa shape index (κ3) is 3.73. The van der Waals surface area contributed by atoms with Gasteiger partial charge in [-0.05, 0) is 55.9 Å². The van der Waals surface area contributed by atoms with E-state index in [0.717, 1.165) is 37.7 Å². The van der Waals surface area contributed by atoms with Gasteiger partial charge in [0.05, 0.1) is 17.8 Å². The van der Waals surface area contributed by atoms with Gasteiger partial charge >= 0.3 is 5.97 Å². The number of aromatic carboxylic acids is 1. The second-order valence-electron chi connectivity index (χ2n) is 10.1. The molecule has 6 heteroatoms. The van der Waals surface area contributed by atoms with Gasteiger partial charge in [-0.2, -0.15) is 0 Å². The minimum Gasteiger partial charge on any atom is -0.489 e. The summed E-state index contributed by atoms with van der Waals surface area (Å²) in [6.45, 7) is 1.77. The van der Waals surface area contributed by atoms with Crippen molar-refractivity contribution in [2.75, 3.05) is 0 Å². The number of carboxylic acid groups (broad SMARTS) is 1. The molecular weight excluding hydrogens is 435 g/mol. The van der Waals surface area contributed by atoms with Crippen LogP contribution in [0.1, 0.15) is 59.2 Å². The lowest BCUT2D eigenvalue weighted by Crippen LogP contribution is -2.45. The molecule has 180 valence electrons. The van der Waals surface area contributed by atoms with E-state index in [0.29, 0.717) is 23.3 Å². The average Bonchev–Trinajstić information content (AvgIpc) is 2.94. The van der Waals surface area contributed by atoms with Crippen LogP contribution in [0.4, 0.5) is 4.39 Å². The van der Waals surface area contributed by atoms with Crippen molar-refractivity contribution in [3.8, 4) is 5.75 Å². The number of halogens is 1. The quantitative estimate of drug-likeness (QED) is 0.563. The second kappa shape index (κ2) is 8.82. The van der Waals surface area contributed by atoms with Crippen LogP contribution in [0.2, 0.25) is 0 Å². The molecular formula is C28H31FO5. The van der Waals surface area contributed by atoms with Gasteiger partial charge in [0.25, 0.3) is 0 Å². The van der Waals surface area contributed by atoms with E-state index in [1.165, 1.54) is 6.07 Å². The Kier molecular flexibility index (Phi) is 5.98. The van der Waals surface area contributed by atoms with Crippen molar-refractivity contribution in [1.82, 2.24) is 0 Å². The highest BCUT2D eigenvalue weighted by atomic mass is 19.1. The van der Waals surface area contributed by atoms with Crippen LogP contribution in [-0.2, 0) is 11.8 Å². The minimum atomic E-state index is -0.981. The summed E-state index contributed by atoms with van der Waals surface area (Å²) in [6, 6.07) is 10.1. The summed E-state index contributed by atoms with van der Waals surface area (Å²) in [7, 11) is 0. The molecule has 1 unspecified atom stereocenters. The molecule has 0 aromatic heterocycles. The number of hydrogen-bond donors (Lipinski definition) is 3. The Morgan fingerprint density at radius 1 is 1.24 bits per heavy atom. The topological polar surface area (TPSA) is 87.0 Å². The molecule has 0 spiro atoms. The summed E-state index contributed by atoms with van der Waals surface area (Å²) >= 11 is 0. The predicted octanol–water partition coefficient (Wildman–Crippen LogP) is 4.56. The molecule has 0 saturated heterocycles. The van der Waals surface area contributed by atoms with Crippen LogP contribution in [0.3, 0.4) is 0 Å². The van der Waals surface area contributed by atoms with Crippen LogP contribution in [0.5, 0.6) is 5.75 Å². The van der Waals surface area contributed by atoms with Gasteiger partial charge in [0.15, 0.2) is 0 Å². The van der Waals surface area contributed by atoms with Crippen molar-refractivity contribution in [2.45, 2.75) is 69.2 Å².